The number of halogens is 1. The molecule has 1 saturated carbocycles. The Balaban J connectivity index is 1.13. The van der Waals surface area contributed by atoms with E-state index in [1.54, 1.807) is 25.4 Å². The number of aromatic nitrogens is 3. The quantitative estimate of drug-likeness (QED) is 0.202. The van der Waals surface area contributed by atoms with Gasteiger partial charge in [-0.05, 0) is 68.4 Å². The van der Waals surface area contributed by atoms with Crippen LogP contribution in [0.25, 0.3) is 11.0 Å². The Kier molecular flexibility index (Phi) is 7.73. The summed E-state index contributed by atoms with van der Waals surface area (Å²) in [7, 11) is 5.09. The van der Waals surface area contributed by atoms with E-state index in [1.165, 1.54) is 12.7 Å². The van der Waals surface area contributed by atoms with E-state index in [-0.39, 0.29) is 12.1 Å². The maximum Gasteiger partial charge on any atom is 0.338 e. The molecule has 0 radical (unpaired) electrons. The summed E-state index contributed by atoms with van der Waals surface area (Å²) in [5.41, 5.74) is 3.81. The number of para-hydroxylation sites is 1. The van der Waals surface area contributed by atoms with Crippen molar-refractivity contribution in [1.82, 2.24) is 14.5 Å². The molecule has 0 amide bonds. The first kappa shape index (κ1) is 29.7. The van der Waals surface area contributed by atoms with Crippen molar-refractivity contribution < 1.29 is 28.5 Å². The lowest BCUT2D eigenvalue weighted by molar-refractivity contribution is -0.0722. The first-order valence-electron chi connectivity index (χ1n) is 15.4. The van der Waals surface area contributed by atoms with E-state index >= 15 is 0 Å². The van der Waals surface area contributed by atoms with Crippen LogP contribution >= 0.6 is 11.6 Å². The van der Waals surface area contributed by atoms with Crippen LogP contribution < -0.4 is 19.1 Å². The fraction of sp³-hybridized carbons (Fsp3) is 0.441. The van der Waals surface area contributed by atoms with Gasteiger partial charge in [0.05, 0.1) is 43.0 Å². The maximum atomic E-state index is 12.5. The number of hydrogen-bond donors (Lipinski definition) is 0. The average Bonchev–Trinajstić information content (AvgIpc) is 3.59. The summed E-state index contributed by atoms with van der Waals surface area (Å²) in [6, 6.07) is 13.6. The normalized spacial score (nSPS) is 23.9. The lowest BCUT2D eigenvalue weighted by atomic mass is 9.81. The number of rotatable bonds is 8. The lowest BCUT2D eigenvalue weighted by Crippen LogP contribution is -2.38. The summed E-state index contributed by atoms with van der Waals surface area (Å²) < 4.78 is 31.5. The zero-order valence-corrected chi connectivity index (χ0v) is 26.7. The fourth-order valence-corrected chi connectivity index (χ4v) is 6.92. The Labute approximate surface area is 267 Å². The van der Waals surface area contributed by atoms with E-state index in [0.29, 0.717) is 34.5 Å². The van der Waals surface area contributed by atoms with Crippen LogP contribution in [0.2, 0.25) is 5.02 Å². The van der Waals surface area contributed by atoms with Crippen molar-refractivity contribution in [2.45, 2.75) is 69.4 Å². The van der Waals surface area contributed by atoms with Crippen molar-refractivity contribution in [2.24, 2.45) is 0 Å². The number of anilines is 1. The second-order valence-electron chi connectivity index (χ2n) is 12.1. The van der Waals surface area contributed by atoms with Crippen molar-refractivity contribution in [3.63, 3.8) is 0 Å². The molecule has 2 aliphatic heterocycles. The molecule has 4 heterocycles. The van der Waals surface area contributed by atoms with Crippen molar-refractivity contribution in [3.8, 4) is 17.2 Å². The van der Waals surface area contributed by atoms with E-state index in [1.807, 2.05) is 31.2 Å². The zero-order valence-electron chi connectivity index (χ0n) is 25.9. The van der Waals surface area contributed by atoms with Crippen LogP contribution in [0.15, 0.2) is 48.7 Å². The first-order valence-corrected chi connectivity index (χ1v) is 15.8. The Morgan fingerprint density at radius 1 is 1.11 bits per heavy atom. The topological polar surface area (TPSA) is 97.2 Å². The minimum Gasteiger partial charge on any atom is -0.494 e. The van der Waals surface area contributed by atoms with Gasteiger partial charge in [-0.1, -0.05) is 23.7 Å². The van der Waals surface area contributed by atoms with Gasteiger partial charge in [0, 0.05) is 38.4 Å². The summed E-state index contributed by atoms with van der Waals surface area (Å²) >= 11 is 6.07. The molecule has 4 aromatic rings. The molecule has 0 N–H and O–H groups in total. The van der Waals surface area contributed by atoms with Crippen molar-refractivity contribution in [3.05, 3.63) is 70.5 Å². The lowest BCUT2D eigenvalue weighted by Gasteiger charge is -2.36. The second-order valence-corrected chi connectivity index (χ2v) is 12.6. The minimum absolute atomic E-state index is 0.106. The van der Waals surface area contributed by atoms with Gasteiger partial charge in [0.25, 0.3) is 5.79 Å². The summed E-state index contributed by atoms with van der Waals surface area (Å²) in [4.78, 5) is 24.3. The number of hydrogen-bond acceptors (Lipinski definition) is 9. The molecule has 0 spiro atoms. The molecule has 2 aromatic carbocycles. The zero-order chi connectivity index (χ0) is 31.3. The Bertz CT molecular complexity index is 1730. The Morgan fingerprint density at radius 2 is 1.91 bits per heavy atom. The molecule has 10 nitrogen and oxygen atoms in total. The predicted molar refractivity (Wildman–Crippen MR) is 170 cm³/mol. The van der Waals surface area contributed by atoms with Crippen molar-refractivity contribution in [2.75, 3.05) is 32.8 Å². The van der Waals surface area contributed by atoms with Gasteiger partial charge >= 0.3 is 5.97 Å². The van der Waals surface area contributed by atoms with E-state index < -0.39 is 11.8 Å². The number of pyridine rings is 1. The van der Waals surface area contributed by atoms with Crippen LogP contribution in [0.5, 0.6) is 17.2 Å². The largest absolute Gasteiger partial charge is 0.494 e. The van der Waals surface area contributed by atoms with Crippen LogP contribution in [-0.4, -0.2) is 60.5 Å². The number of imidazole rings is 1. The highest BCUT2D eigenvalue weighted by atomic mass is 35.5. The number of carbonyl (C=O) groups is 1. The summed E-state index contributed by atoms with van der Waals surface area (Å²) in [6.07, 6.45) is 6.65. The molecule has 0 unspecified atom stereocenters. The fourth-order valence-electron chi connectivity index (χ4n) is 6.81. The Hall–Kier alpha value is -4.02. The summed E-state index contributed by atoms with van der Waals surface area (Å²) in [5, 5.41) is 0.567. The van der Waals surface area contributed by atoms with Crippen LogP contribution in [0.1, 0.15) is 66.6 Å². The van der Waals surface area contributed by atoms with E-state index in [2.05, 4.69) is 27.6 Å². The molecule has 2 fully saturated rings. The smallest absolute Gasteiger partial charge is 0.338 e. The standard InChI is InChI=1S/C34H37ClN4O6/c1-34(29-13-10-22(35)18-36-29)44-27-7-5-6-25(31(27)45-34)20-8-11-23(12-9-20)38(2)33-37-30-26(39(33)19-24-14-15-43-24)16-21(32(40)42-4)17-28(30)41-3/h5-7,10,13,16-18,20,23-24H,8-9,11-12,14-15,19H2,1-4H3/t20?,23?,24-,34-/m0/s1. The number of fused-ring (bicyclic) bond motifs is 2. The van der Waals surface area contributed by atoms with Crippen molar-refractivity contribution >= 4 is 34.6 Å². The third kappa shape index (κ3) is 5.33. The predicted octanol–water partition coefficient (Wildman–Crippen LogP) is 6.48. The van der Waals surface area contributed by atoms with Crippen LogP contribution in [-0.2, 0) is 21.8 Å². The molecule has 45 heavy (non-hydrogen) atoms. The number of esters is 1. The third-order valence-electron chi connectivity index (χ3n) is 9.42. The summed E-state index contributed by atoms with van der Waals surface area (Å²) in [6.45, 7) is 3.30. The van der Waals surface area contributed by atoms with Gasteiger partial charge in [-0.3, -0.25) is 4.98 Å². The summed E-state index contributed by atoms with van der Waals surface area (Å²) in [5.74, 6) is 1.82. The van der Waals surface area contributed by atoms with Gasteiger partial charge in [0.15, 0.2) is 11.5 Å². The molecular weight excluding hydrogens is 596 g/mol. The molecule has 3 aliphatic rings. The third-order valence-corrected chi connectivity index (χ3v) is 9.65. The SMILES string of the molecule is COC(=O)c1cc(OC)c2nc(N(C)C3CCC(c4cccc5c4O[C@@](C)(c4ccc(Cl)cn4)O5)CC3)n(C[C@@H]3CCO3)c2c1. The molecule has 1 aliphatic carbocycles. The highest BCUT2D eigenvalue weighted by Crippen LogP contribution is 2.50. The second kappa shape index (κ2) is 11.7. The number of carbonyl (C=O) groups excluding carboxylic acids is 1. The molecule has 1 saturated heterocycles. The molecule has 2 atom stereocenters. The minimum atomic E-state index is -1.02. The van der Waals surface area contributed by atoms with Crippen LogP contribution in [0.3, 0.4) is 0 Å². The van der Waals surface area contributed by atoms with E-state index in [4.69, 9.17) is 40.3 Å². The molecular formula is C34H37ClN4O6. The Morgan fingerprint density at radius 3 is 2.58 bits per heavy atom. The van der Waals surface area contributed by atoms with Gasteiger partial charge in [0.2, 0.25) is 5.95 Å². The van der Waals surface area contributed by atoms with E-state index in [0.717, 1.165) is 67.2 Å². The highest BCUT2D eigenvalue weighted by molar-refractivity contribution is 6.30. The number of ether oxygens (including phenoxy) is 5. The van der Waals surface area contributed by atoms with Gasteiger partial charge < -0.3 is 33.2 Å². The average molecular weight is 633 g/mol. The first-order chi connectivity index (χ1) is 21.8. The molecule has 11 heteroatoms. The molecule has 236 valence electrons. The number of benzene rings is 2. The molecule has 0 bridgehead atoms. The van der Waals surface area contributed by atoms with Gasteiger partial charge in [-0.15, -0.1) is 0 Å². The monoisotopic (exact) mass is 632 g/mol. The number of methoxy groups -OCH3 is 2. The van der Waals surface area contributed by atoms with E-state index in [9.17, 15) is 4.79 Å². The van der Waals surface area contributed by atoms with Crippen molar-refractivity contribution in [1.29, 1.82) is 0 Å². The van der Waals surface area contributed by atoms with Crippen LogP contribution in [0, 0.1) is 0 Å². The van der Waals surface area contributed by atoms with Gasteiger partial charge in [0.1, 0.15) is 17.0 Å². The van der Waals surface area contributed by atoms with Gasteiger partial charge in [-0.25, -0.2) is 9.78 Å². The van der Waals surface area contributed by atoms with Crippen LogP contribution in [0.4, 0.5) is 5.95 Å². The number of nitrogens with zero attached hydrogens (tertiary/aromatic N) is 4. The maximum absolute atomic E-state index is 12.5. The molecule has 2 aromatic heterocycles. The van der Waals surface area contributed by atoms with Gasteiger partial charge in [-0.2, -0.15) is 0 Å². The molecule has 7 rings (SSSR count). The highest BCUT2D eigenvalue weighted by Gasteiger charge is 2.42.